The van der Waals surface area contributed by atoms with Crippen molar-refractivity contribution in [1.29, 1.82) is 0 Å². The lowest BCUT2D eigenvalue weighted by molar-refractivity contribution is -0.148. The van der Waals surface area contributed by atoms with Crippen molar-refractivity contribution in [2.75, 3.05) is 0 Å². The van der Waals surface area contributed by atoms with Crippen molar-refractivity contribution >= 4 is 0 Å². The Morgan fingerprint density at radius 1 is 1.26 bits per heavy atom. The van der Waals surface area contributed by atoms with Gasteiger partial charge in [0.15, 0.2) is 5.79 Å². The molecule has 1 aliphatic heterocycles. The molecule has 0 aromatic heterocycles. The van der Waals surface area contributed by atoms with Gasteiger partial charge in [-0.05, 0) is 26.7 Å². The molecule has 1 aliphatic rings. The molecule has 3 heteroatoms. The second-order valence-corrected chi connectivity index (χ2v) is 5.89. The number of ether oxygens (including phenoxy) is 2. The van der Waals surface area contributed by atoms with Gasteiger partial charge in [0.05, 0.1) is 18.3 Å². The summed E-state index contributed by atoms with van der Waals surface area (Å²) in [5.41, 5.74) is 0. The maximum atomic E-state index is 9.48. The van der Waals surface area contributed by atoms with Crippen LogP contribution in [0.2, 0.25) is 0 Å². The number of rotatable bonds is 5. The Morgan fingerprint density at radius 3 is 2.42 bits per heavy atom. The molecule has 1 fully saturated rings. The van der Waals surface area contributed by atoms with Gasteiger partial charge >= 0.3 is 0 Å². The van der Waals surface area contributed by atoms with Crippen molar-refractivity contribution in [3.05, 3.63) is 12.2 Å². The van der Waals surface area contributed by atoms with Crippen LogP contribution in [0.5, 0.6) is 0 Å². The van der Waals surface area contributed by atoms with E-state index < -0.39 is 5.79 Å². The lowest BCUT2D eigenvalue weighted by atomic mass is 9.95. The summed E-state index contributed by atoms with van der Waals surface area (Å²) < 4.78 is 11.8. The van der Waals surface area contributed by atoms with Gasteiger partial charge in [-0.2, -0.15) is 0 Å². The van der Waals surface area contributed by atoms with Crippen molar-refractivity contribution in [3.63, 3.8) is 0 Å². The summed E-state index contributed by atoms with van der Waals surface area (Å²) in [5, 5.41) is 9.48. The van der Waals surface area contributed by atoms with Gasteiger partial charge in [0, 0.05) is 12.3 Å². The normalized spacial score (nSPS) is 31.0. The molecule has 1 saturated heterocycles. The van der Waals surface area contributed by atoms with E-state index in [1.165, 1.54) is 0 Å². The first-order chi connectivity index (χ1) is 8.76. The Hall–Kier alpha value is -0.820. The third-order valence-corrected chi connectivity index (χ3v) is 3.54. The molecule has 19 heavy (non-hydrogen) atoms. The van der Waals surface area contributed by atoms with Crippen molar-refractivity contribution in [2.24, 2.45) is 11.8 Å². The minimum absolute atomic E-state index is 0.0384. The first-order valence-electron chi connectivity index (χ1n) is 6.92. The minimum Gasteiger partial charge on any atom is -0.393 e. The SMILES string of the molecule is C#CC[C@@H]1OC(C)(C)O[C@@H]1[C@H](C)/C=C\[C@@H](C)[C@H](C)O. The van der Waals surface area contributed by atoms with E-state index in [4.69, 9.17) is 15.9 Å². The number of aliphatic hydroxyl groups is 1. The fraction of sp³-hybridized carbons (Fsp3) is 0.750. The maximum absolute atomic E-state index is 9.48. The average molecular weight is 266 g/mol. The van der Waals surface area contributed by atoms with Crippen LogP contribution in [0.15, 0.2) is 12.2 Å². The number of aliphatic hydroxyl groups excluding tert-OH is 1. The minimum atomic E-state index is -0.579. The molecule has 3 nitrogen and oxygen atoms in total. The molecule has 0 unspecified atom stereocenters. The molecule has 108 valence electrons. The van der Waals surface area contributed by atoms with Crippen LogP contribution < -0.4 is 0 Å². The van der Waals surface area contributed by atoms with E-state index in [0.29, 0.717) is 6.42 Å². The van der Waals surface area contributed by atoms with E-state index in [1.54, 1.807) is 6.92 Å². The van der Waals surface area contributed by atoms with Gasteiger partial charge in [-0.1, -0.05) is 26.0 Å². The second-order valence-electron chi connectivity index (χ2n) is 5.89. The van der Waals surface area contributed by atoms with Crippen LogP contribution in [0.25, 0.3) is 0 Å². The summed E-state index contributed by atoms with van der Waals surface area (Å²) in [5.74, 6) is 2.39. The van der Waals surface area contributed by atoms with E-state index >= 15 is 0 Å². The van der Waals surface area contributed by atoms with Gasteiger partial charge < -0.3 is 14.6 Å². The third-order valence-electron chi connectivity index (χ3n) is 3.54. The molecule has 1 rings (SSSR count). The summed E-state index contributed by atoms with van der Waals surface area (Å²) in [6.45, 7) is 9.68. The van der Waals surface area contributed by atoms with E-state index in [9.17, 15) is 5.11 Å². The molecular formula is C16H26O3. The summed E-state index contributed by atoms with van der Waals surface area (Å²) >= 11 is 0. The summed E-state index contributed by atoms with van der Waals surface area (Å²) in [6, 6.07) is 0. The highest BCUT2D eigenvalue weighted by molar-refractivity contribution is 5.01. The predicted molar refractivity (Wildman–Crippen MR) is 76.4 cm³/mol. The predicted octanol–water partition coefficient (Wildman–Crippen LogP) is 2.74. The van der Waals surface area contributed by atoms with E-state index in [0.717, 1.165) is 0 Å². The van der Waals surface area contributed by atoms with Gasteiger partial charge in [-0.3, -0.25) is 0 Å². The summed E-state index contributed by atoms with van der Waals surface area (Å²) in [6.07, 6.45) is 9.59. The topological polar surface area (TPSA) is 38.7 Å². The Balaban J connectivity index is 2.69. The molecule has 0 spiro atoms. The van der Waals surface area contributed by atoms with Crippen LogP contribution in [0.1, 0.15) is 41.0 Å². The maximum Gasteiger partial charge on any atom is 0.163 e. The van der Waals surface area contributed by atoms with E-state index in [-0.39, 0.29) is 30.1 Å². The van der Waals surface area contributed by atoms with Gasteiger partial charge in [0.2, 0.25) is 0 Å². The smallest absolute Gasteiger partial charge is 0.163 e. The lowest BCUT2D eigenvalue weighted by Crippen LogP contribution is -2.28. The lowest BCUT2D eigenvalue weighted by Gasteiger charge is -2.21. The van der Waals surface area contributed by atoms with Crippen molar-refractivity contribution in [2.45, 2.75) is 65.1 Å². The summed E-state index contributed by atoms with van der Waals surface area (Å²) in [4.78, 5) is 0. The molecule has 1 N–H and O–H groups in total. The van der Waals surface area contributed by atoms with Gasteiger partial charge in [-0.15, -0.1) is 12.3 Å². The molecule has 0 aromatic carbocycles. The molecule has 0 bridgehead atoms. The largest absolute Gasteiger partial charge is 0.393 e. The standard InChI is InChI=1S/C16H26O3/c1-7-8-14-15(19-16(5,6)18-14)12(3)10-9-11(2)13(4)17/h1,9-15,17H,8H2,2-6H3/b10-9-/t11-,12-,13+,14+,15-/m1/s1. The number of hydrogen-bond acceptors (Lipinski definition) is 3. The van der Waals surface area contributed by atoms with Crippen LogP contribution in [0.3, 0.4) is 0 Å². The zero-order valence-electron chi connectivity index (χ0n) is 12.6. The quantitative estimate of drug-likeness (QED) is 0.614. The van der Waals surface area contributed by atoms with Gasteiger partial charge in [0.1, 0.15) is 0 Å². The van der Waals surface area contributed by atoms with Crippen molar-refractivity contribution in [1.82, 2.24) is 0 Å². The third kappa shape index (κ3) is 4.65. The Labute approximate surface area is 117 Å². The van der Waals surface area contributed by atoms with Crippen LogP contribution in [0.4, 0.5) is 0 Å². The second kappa shape index (κ2) is 6.56. The Bertz CT molecular complexity index is 351. The van der Waals surface area contributed by atoms with Gasteiger partial charge in [-0.25, -0.2) is 0 Å². The summed E-state index contributed by atoms with van der Waals surface area (Å²) in [7, 11) is 0. The van der Waals surface area contributed by atoms with Crippen LogP contribution >= 0.6 is 0 Å². The molecule has 0 aromatic rings. The fourth-order valence-electron chi connectivity index (χ4n) is 2.20. The average Bonchev–Trinajstić information content (AvgIpc) is 2.61. The Morgan fingerprint density at radius 2 is 1.89 bits per heavy atom. The highest BCUT2D eigenvalue weighted by Gasteiger charge is 2.42. The van der Waals surface area contributed by atoms with E-state index in [1.807, 2.05) is 26.8 Å². The van der Waals surface area contributed by atoms with Crippen LogP contribution in [-0.2, 0) is 9.47 Å². The monoisotopic (exact) mass is 266 g/mol. The number of terminal acetylenes is 1. The highest BCUT2D eigenvalue weighted by atomic mass is 16.7. The number of hydrogen-bond donors (Lipinski definition) is 1. The molecule has 0 aliphatic carbocycles. The molecule has 1 heterocycles. The molecule has 0 radical (unpaired) electrons. The van der Waals surface area contributed by atoms with Crippen molar-refractivity contribution < 1.29 is 14.6 Å². The molecule has 0 amide bonds. The van der Waals surface area contributed by atoms with Crippen molar-refractivity contribution in [3.8, 4) is 12.3 Å². The zero-order chi connectivity index (χ0) is 14.6. The fourth-order valence-corrected chi connectivity index (χ4v) is 2.20. The molecular weight excluding hydrogens is 240 g/mol. The first-order valence-corrected chi connectivity index (χ1v) is 6.92. The van der Waals surface area contributed by atoms with Crippen LogP contribution in [0, 0.1) is 24.2 Å². The first kappa shape index (κ1) is 16.2. The molecule has 0 saturated carbocycles. The Kier molecular flexibility index (Phi) is 5.61. The molecule has 5 atom stereocenters. The van der Waals surface area contributed by atoms with Crippen LogP contribution in [-0.4, -0.2) is 29.2 Å². The van der Waals surface area contributed by atoms with Gasteiger partial charge in [0.25, 0.3) is 0 Å². The zero-order valence-corrected chi connectivity index (χ0v) is 12.6. The highest BCUT2D eigenvalue weighted by Crippen LogP contribution is 2.34. The van der Waals surface area contributed by atoms with E-state index in [2.05, 4.69) is 18.9 Å².